The second-order valence-electron chi connectivity index (χ2n) is 14.7. The van der Waals surface area contributed by atoms with E-state index in [4.69, 9.17) is 4.74 Å². The Morgan fingerprint density at radius 1 is 1.00 bits per heavy atom. The molecule has 4 aliphatic rings. The maximum atomic E-state index is 12.3. The molecule has 8 atom stereocenters. The van der Waals surface area contributed by atoms with Gasteiger partial charge in [-0.05, 0) is 134 Å². The summed E-state index contributed by atoms with van der Waals surface area (Å²) in [5, 5.41) is 0. The molecule has 0 saturated heterocycles. The van der Waals surface area contributed by atoms with Crippen molar-refractivity contribution < 1.29 is 9.53 Å². The summed E-state index contributed by atoms with van der Waals surface area (Å²) in [7, 11) is 0. The molecule has 1 aromatic carbocycles. The smallest absolute Gasteiger partial charge is 0.133 e. The zero-order valence-corrected chi connectivity index (χ0v) is 26.0. The number of ketones is 1. The van der Waals surface area contributed by atoms with Gasteiger partial charge in [0.1, 0.15) is 11.5 Å². The van der Waals surface area contributed by atoms with Gasteiger partial charge in [0.2, 0.25) is 0 Å². The third-order valence-corrected chi connectivity index (χ3v) is 13.2. The van der Waals surface area contributed by atoms with Crippen molar-refractivity contribution in [3.8, 4) is 5.75 Å². The van der Waals surface area contributed by atoms with Crippen molar-refractivity contribution in [3.63, 3.8) is 0 Å². The molecule has 0 amide bonds. The molecule has 5 unspecified atom stereocenters. The van der Waals surface area contributed by atoms with E-state index in [0.29, 0.717) is 28.4 Å². The Balaban J connectivity index is 1.25. The highest BCUT2D eigenvalue weighted by Gasteiger charge is 2.60. The van der Waals surface area contributed by atoms with E-state index in [1.807, 2.05) is 0 Å². The molecule has 2 heteroatoms. The summed E-state index contributed by atoms with van der Waals surface area (Å²) in [4.78, 5) is 12.3. The first-order valence-corrected chi connectivity index (χ1v) is 17.1. The minimum absolute atomic E-state index is 0.412. The molecule has 4 saturated carbocycles. The molecule has 4 fully saturated rings. The average Bonchev–Trinajstić information content (AvgIpc) is 3.28. The quantitative estimate of drug-likeness (QED) is 0.282. The Morgan fingerprint density at radius 3 is 2.59 bits per heavy atom. The summed E-state index contributed by atoms with van der Waals surface area (Å²) >= 11 is 0. The van der Waals surface area contributed by atoms with Crippen molar-refractivity contribution in [3.05, 3.63) is 29.8 Å². The Bertz CT molecular complexity index is 964. The van der Waals surface area contributed by atoms with E-state index in [2.05, 4.69) is 58.9 Å². The SMILES string of the molecule is CCCC(CC(CC)CC)c1cccc(OCC[C@]23CCC4C(CCC5CC(=O)CC[C@@]54C)C2CC[C@@H]3C)c1. The van der Waals surface area contributed by atoms with Gasteiger partial charge >= 0.3 is 0 Å². The Morgan fingerprint density at radius 2 is 1.82 bits per heavy atom. The van der Waals surface area contributed by atoms with E-state index in [1.54, 1.807) is 0 Å². The van der Waals surface area contributed by atoms with Gasteiger partial charge in [-0.25, -0.2) is 0 Å². The summed E-state index contributed by atoms with van der Waals surface area (Å²) < 4.78 is 6.60. The van der Waals surface area contributed by atoms with Gasteiger partial charge in [-0.3, -0.25) is 4.79 Å². The minimum atomic E-state index is 0.412. The second-order valence-corrected chi connectivity index (χ2v) is 14.7. The van der Waals surface area contributed by atoms with Gasteiger partial charge in [0.05, 0.1) is 6.61 Å². The predicted octanol–water partition coefficient (Wildman–Crippen LogP) is 10.4. The molecule has 0 heterocycles. The van der Waals surface area contributed by atoms with Crippen molar-refractivity contribution in [2.24, 2.45) is 46.3 Å². The van der Waals surface area contributed by atoms with Crippen LogP contribution in [0.15, 0.2) is 24.3 Å². The van der Waals surface area contributed by atoms with Crippen molar-refractivity contribution >= 4 is 5.78 Å². The van der Waals surface area contributed by atoms with Crippen LogP contribution in [0, 0.1) is 46.3 Å². The molecular weight excluding hydrogens is 476 g/mol. The van der Waals surface area contributed by atoms with Gasteiger partial charge in [0.25, 0.3) is 0 Å². The molecule has 0 bridgehead atoms. The van der Waals surface area contributed by atoms with Crippen molar-refractivity contribution in [1.82, 2.24) is 0 Å². The molecule has 39 heavy (non-hydrogen) atoms. The van der Waals surface area contributed by atoms with Crippen LogP contribution in [0.25, 0.3) is 0 Å². The fraction of sp³-hybridized carbons (Fsp3) is 0.811. The third-order valence-electron chi connectivity index (χ3n) is 13.2. The number of carbonyl (C=O) groups excluding carboxylic acids is 1. The Labute approximate surface area is 240 Å². The highest BCUT2D eigenvalue weighted by molar-refractivity contribution is 5.79. The summed E-state index contributed by atoms with van der Waals surface area (Å²) in [6, 6.07) is 9.15. The molecule has 0 radical (unpaired) electrons. The largest absolute Gasteiger partial charge is 0.494 e. The number of carbonyl (C=O) groups is 1. The third kappa shape index (κ3) is 5.61. The first kappa shape index (κ1) is 29.2. The lowest BCUT2D eigenvalue weighted by Gasteiger charge is -2.60. The molecule has 1 aromatic rings. The van der Waals surface area contributed by atoms with Gasteiger partial charge in [-0.15, -0.1) is 0 Å². The van der Waals surface area contributed by atoms with Gasteiger partial charge in [0.15, 0.2) is 0 Å². The number of rotatable bonds is 11. The van der Waals surface area contributed by atoms with Crippen LogP contribution in [0.2, 0.25) is 0 Å². The van der Waals surface area contributed by atoms with E-state index in [9.17, 15) is 4.79 Å². The maximum Gasteiger partial charge on any atom is 0.133 e. The van der Waals surface area contributed by atoms with Crippen molar-refractivity contribution in [1.29, 1.82) is 0 Å². The van der Waals surface area contributed by atoms with Gasteiger partial charge in [0, 0.05) is 12.8 Å². The van der Waals surface area contributed by atoms with Crippen LogP contribution < -0.4 is 4.74 Å². The van der Waals surface area contributed by atoms with Crippen LogP contribution in [0.1, 0.15) is 142 Å². The van der Waals surface area contributed by atoms with Crippen LogP contribution in [0.4, 0.5) is 0 Å². The second kappa shape index (κ2) is 12.3. The number of ether oxygens (including phenoxy) is 1. The lowest BCUT2D eigenvalue weighted by molar-refractivity contribution is -0.141. The van der Waals surface area contributed by atoms with E-state index in [0.717, 1.165) is 61.2 Å². The summed E-state index contributed by atoms with van der Waals surface area (Å²) in [5.41, 5.74) is 2.37. The monoisotopic (exact) mass is 534 g/mol. The van der Waals surface area contributed by atoms with Crippen LogP contribution >= 0.6 is 0 Å². The number of fused-ring (bicyclic) bond motifs is 5. The fourth-order valence-electron chi connectivity index (χ4n) is 10.7. The van der Waals surface area contributed by atoms with Crippen molar-refractivity contribution in [2.45, 2.75) is 137 Å². The lowest BCUT2D eigenvalue weighted by Crippen LogP contribution is -2.54. The number of Topliss-reactive ketones (excluding diaryl/α,β-unsaturated/α-hetero) is 1. The van der Waals surface area contributed by atoms with Crippen LogP contribution in [0.5, 0.6) is 5.75 Å². The summed E-state index contributed by atoms with van der Waals surface area (Å²) in [5.74, 6) is 7.16. The Hall–Kier alpha value is -1.31. The predicted molar refractivity (Wildman–Crippen MR) is 163 cm³/mol. The highest BCUT2D eigenvalue weighted by Crippen LogP contribution is 2.68. The summed E-state index contributed by atoms with van der Waals surface area (Å²) in [6.07, 6.45) is 18.7. The van der Waals surface area contributed by atoms with Crippen LogP contribution in [-0.4, -0.2) is 12.4 Å². The molecule has 218 valence electrons. The van der Waals surface area contributed by atoms with Gasteiger partial charge in [-0.2, -0.15) is 0 Å². The first-order valence-electron chi connectivity index (χ1n) is 17.1. The number of benzene rings is 1. The molecule has 0 aliphatic heterocycles. The zero-order valence-electron chi connectivity index (χ0n) is 26.0. The van der Waals surface area contributed by atoms with E-state index >= 15 is 0 Å². The molecule has 5 rings (SSSR count). The summed E-state index contributed by atoms with van der Waals surface area (Å²) in [6.45, 7) is 13.0. The first-order chi connectivity index (χ1) is 18.8. The van der Waals surface area contributed by atoms with Crippen molar-refractivity contribution in [2.75, 3.05) is 6.61 Å². The van der Waals surface area contributed by atoms with E-state index in [-0.39, 0.29) is 0 Å². The van der Waals surface area contributed by atoms with E-state index in [1.165, 1.54) is 82.6 Å². The number of hydrogen-bond acceptors (Lipinski definition) is 2. The molecule has 0 N–H and O–H groups in total. The van der Waals surface area contributed by atoms with Gasteiger partial charge < -0.3 is 4.74 Å². The molecule has 0 aromatic heterocycles. The van der Waals surface area contributed by atoms with Crippen LogP contribution in [-0.2, 0) is 4.79 Å². The normalized spacial score (nSPS) is 36.8. The lowest BCUT2D eigenvalue weighted by atomic mass is 9.44. The Kier molecular flexibility index (Phi) is 9.19. The topological polar surface area (TPSA) is 26.3 Å². The minimum Gasteiger partial charge on any atom is -0.494 e. The zero-order chi connectivity index (χ0) is 27.6. The molecule has 0 spiro atoms. The molecule has 4 aliphatic carbocycles. The number of hydrogen-bond donors (Lipinski definition) is 0. The highest BCUT2D eigenvalue weighted by atomic mass is 16.5. The maximum absolute atomic E-state index is 12.3. The molecular formula is C37H58O2. The van der Waals surface area contributed by atoms with Gasteiger partial charge in [-0.1, -0.05) is 66.0 Å². The molecule has 2 nitrogen and oxygen atoms in total. The average molecular weight is 535 g/mol. The fourth-order valence-corrected chi connectivity index (χ4v) is 10.7. The van der Waals surface area contributed by atoms with Crippen LogP contribution in [0.3, 0.4) is 0 Å². The van der Waals surface area contributed by atoms with E-state index < -0.39 is 0 Å². The standard InChI is InChI=1S/C37H58O2/c1-6-10-28(23-27(7-2)8-3)29-11-9-12-32(24-29)39-22-21-37-20-18-34-33(35(37)16-13-26(37)4)15-14-30-25-31(38)17-19-36(30,34)5/h9,11-12,24,26-28,30,33-35H,6-8,10,13-23,25H2,1-5H3/t26-,28?,30?,33?,34?,35?,36-,37-/m0/s1.